The van der Waals surface area contributed by atoms with Crippen molar-refractivity contribution in [2.75, 3.05) is 0 Å². The predicted molar refractivity (Wildman–Crippen MR) is 72.9 cm³/mol. The lowest BCUT2D eigenvalue weighted by Gasteiger charge is -2.20. The van der Waals surface area contributed by atoms with Crippen molar-refractivity contribution in [3.8, 4) is 0 Å². The molecule has 0 radical (unpaired) electrons. The summed E-state index contributed by atoms with van der Waals surface area (Å²) in [5.41, 5.74) is 0. The molecule has 0 N–H and O–H groups in total. The van der Waals surface area contributed by atoms with Crippen molar-refractivity contribution in [2.24, 2.45) is 0 Å². The first kappa shape index (κ1) is 11.0. The lowest BCUT2D eigenvalue weighted by Crippen LogP contribution is -2.04. The van der Waals surface area contributed by atoms with E-state index in [1.807, 2.05) is 12.1 Å². The second-order valence-corrected chi connectivity index (χ2v) is 5.23. The van der Waals surface area contributed by atoms with Gasteiger partial charge in [-0.15, -0.1) is 0 Å². The third-order valence-electron chi connectivity index (χ3n) is 3.70. The SMILES string of the molecule is S=c1oc(C2CCCCC2)cc2ccccc12. The van der Waals surface area contributed by atoms with Crippen molar-refractivity contribution in [1.29, 1.82) is 0 Å². The molecule has 0 spiro atoms. The Hall–Kier alpha value is -1.15. The molecule has 0 aliphatic heterocycles. The summed E-state index contributed by atoms with van der Waals surface area (Å²) in [5, 5.41) is 2.27. The standard InChI is InChI=1S/C15H16OS/c17-15-13-9-5-4-8-12(13)10-14(16-15)11-6-2-1-3-7-11/h4-5,8-11H,1-3,6-7H2. The van der Waals surface area contributed by atoms with Crippen LogP contribution in [0.15, 0.2) is 34.7 Å². The van der Waals surface area contributed by atoms with Gasteiger partial charge < -0.3 is 4.42 Å². The zero-order chi connectivity index (χ0) is 11.7. The molecule has 17 heavy (non-hydrogen) atoms. The molecule has 0 amide bonds. The van der Waals surface area contributed by atoms with E-state index in [2.05, 4.69) is 18.2 Å². The second-order valence-electron chi connectivity index (χ2n) is 4.86. The van der Waals surface area contributed by atoms with Gasteiger partial charge in [0.1, 0.15) is 5.76 Å². The average molecular weight is 244 g/mol. The van der Waals surface area contributed by atoms with Gasteiger partial charge in [-0.3, -0.25) is 0 Å². The number of benzene rings is 1. The Morgan fingerprint density at radius 3 is 2.65 bits per heavy atom. The molecule has 88 valence electrons. The van der Waals surface area contributed by atoms with Gasteiger partial charge in [-0.1, -0.05) is 37.5 Å². The summed E-state index contributed by atoms with van der Waals surface area (Å²) in [6.45, 7) is 0. The van der Waals surface area contributed by atoms with Crippen LogP contribution in [0.4, 0.5) is 0 Å². The van der Waals surface area contributed by atoms with E-state index in [0.29, 0.717) is 10.6 Å². The summed E-state index contributed by atoms with van der Waals surface area (Å²) in [7, 11) is 0. The Kier molecular flexibility index (Phi) is 2.98. The molecule has 0 saturated heterocycles. The predicted octanol–water partition coefficient (Wildman–Crippen LogP) is 5.21. The minimum Gasteiger partial charge on any atom is -0.449 e. The molecular weight excluding hydrogens is 228 g/mol. The van der Waals surface area contributed by atoms with Gasteiger partial charge in [0.25, 0.3) is 0 Å². The Morgan fingerprint density at radius 2 is 1.82 bits per heavy atom. The monoisotopic (exact) mass is 244 g/mol. The van der Waals surface area contributed by atoms with Crippen LogP contribution in [0.25, 0.3) is 10.8 Å². The Balaban J connectivity index is 2.08. The largest absolute Gasteiger partial charge is 0.449 e. The molecule has 1 nitrogen and oxygen atoms in total. The van der Waals surface area contributed by atoms with Gasteiger partial charge in [0.15, 0.2) is 4.71 Å². The molecule has 2 aromatic rings. The number of fused-ring (bicyclic) bond motifs is 1. The van der Waals surface area contributed by atoms with Crippen molar-refractivity contribution < 1.29 is 4.42 Å². The van der Waals surface area contributed by atoms with E-state index in [1.165, 1.54) is 37.5 Å². The third kappa shape index (κ3) is 2.14. The third-order valence-corrected chi connectivity index (χ3v) is 4.00. The smallest absolute Gasteiger partial charge is 0.198 e. The fraction of sp³-hybridized carbons (Fsp3) is 0.400. The Morgan fingerprint density at radius 1 is 1.06 bits per heavy atom. The zero-order valence-electron chi connectivity index (χ0n) is 9.82. The molecule has 1 aliphatic rings. The Bertz CT molecular complexity index is 579. The molecule has 1 fully saturated rings. The molecule has 1 saturated carbocycles. The number of rotatable bonds is 1. The average Bonchev–Trinajstić information content (AvgIpc) is 2.40. The van der Waals surface area contributed by atoms with Crippen molar-refractivity contribution in [3.63, 3.8) is 0 Å². The van der Waals surface area contributed by atoms with Crippen LogP contribution in [0.1, 0.15) is 43.8 Å². The van der Waals surface area contributed by atoms with Gasteiger partial charge in [0.2, 0.25) is 0 Å². The number of hydrogen-bond donors (Lipinski definition) is 0. The highest BCUT2D eigenvalue weighted by atomic mass is 32.1. The van der Waals surface area contributed by atoms with Crippen LogP contribution in [-0.4, -0.2) is 0 Å². The summed E-state index contributed by atoms with van der Waals surface area (Å²) in [5.74, 6) is 1.67. The molecule has 3 rings (SSSR count). The lowest BCUT2D eigenvalue weighted by atomic mass is 9.87. The molecule has 0 atom stereocenters. The Labute approximate surface area is 106 Å². The van der Waals surface area contributed by atoms with Crippen LogP contribution in [0.3, 0.4) is 0 Å². The quantitative estimate of drug-likeness (QED) is 0.639. The van der Waals surface area contributed by atoms with E-state index in [9.17, 15) is 0 Å². The van der Waals surface area contributed by atoms with E-state index in [4.69, 9.17) is 16.6 Å². The van der Waals surface area contributed by atoms with E-state index in [0.717, 1.165) is 11.1 Å². The summed E-state index contributed by atoms with van der Waals surface area (Å²) in [6, 6.07) is 10.4. The van der Waals surface area contributed by atoms with Gasteiger partial charge in [0, 0.05) is 11.3 Å². The van der Waals surface area contributed by atoms with E-state index in [1.54, 1.807) is 0 Å². The summed E-state index contributed by atoms with van der Waals surface area (Å²) < 4.78 is 6.49. The summed E-state index contributed by atoms with van der Waals surface area (Å²) >= 11 is 5.34. The lowest BCUT2D eigenvalue weighted by molar-refractivity contribution is 0.365. The highest BCUT2D eigenvalue weighted by Crippen LogP contribution is 2.34. The van der Waals surface area contributed by atoms with Crippen LogP contribution in [0.5, 0.6) is 0 Å². The first-order valence-corrected chi connectivity index (χ1v) is 6.78. The van der Waals surface area contributed by atoms with Crippen LogP contribution >= 0.6 is 12.2 Å². The minimum absolute atomic E-state index is 0.579. The van der Waals surface area contributed by atoms with Crippen LogP contribution in [0.2, 0.25) is 0 Å². The topological polar surface area (TPSA) is 13.1 Å². The maximum Gasteiger partial charge on any atom is 0.198 e. The zero-order valence-corrected chi connectivity index (χ0v) is 10.6. The molecule has 1 aromatic heterocycles. The van der Waals surface area contributed by atoms with Crippen LogP contribution in [0, 0.1) is 4.71 Å². The molecule has 0 unspecified atom stereocenters. The van der Waals surface area contributed by atoms with Crippen molar-refractivity contribution in [1.82, 2.24) is 0 Å². The molecule has 0 bridgehead atoms. The first-order chi connectivity index (χ1) is 8.34. The molecule has 1 heterocycles. The van der Waals surface area contributed by atoms with Crippen LogP contribution < -0.4 is 0 Å². The van der Waals surface area contributed by atoms with E-state index < -0.39 is 0 Å². The molecule has 1 aromatic carbocycles. The second kappa shape index (κ2) is 4.61. The molecule has 1 aliphatic carbocycles. The highest BCUT2D eigenvalue weighted by Gasteiger charge is 2.18. The van der Waals surface area contributed by atoms with E-state index >= 15 is 0 Å². The van der Waals surface area contributed by atoms with Crippen molar-refractivity contribution >= 4 is 23.0 Å². The summed E-state index contributed by atoms with van der Waals surface area (Å²) in [4.78, 5) is 0. The van der Waals surface area contributed by atoms with Crippen molar-refractivity contribution in [2.45, 2.75) is 38.0 Å². The maximum absolute atomic E-state index is 5.84. The van der Waals surface area contributed by atoms with Gasteiger partial charge in [-0.05, 0) is 42.6 Å². The first-order valence-electron chi connectivity index (χ1n) is 6.37. The van der Waals surface area contributed by atoms with E-state index in [-0.39, 0.29) is 0 Å². The molecular formula is C15H16OS. The van der Waals surface area contributed by atoms with Gasteiger partial charge in [-0.25, -0.2) is 0 Å². The molecule has 2 heteroatoms. The van der Waals surface area contributed by atoms with Gasteiger partial charge >= 0.3 is 0 Å². The van der Waals surface area contributed by atoms with Gasteiger partial charge in [-0.2, -0.15) is 0 Å². The number of hydrogen-bond acceptors (Lipinski definition) is 2. The fourth-order valence-corrected chi connectivity index (χ4v) is 3.02. The fourth-order valence-electron chi connectivity index (χ4n) is 2.74. The van der Waals surface area contributed by atoms with Crippen molar-refractivity contribution in [3.05, 3.63) is 40.8 Å². The van der Waals surface area contributed by atoms with Crippen LogP contribution in [-0.2, 0) is 0 Å². The minimum atomic E-state index is 0.579. The normalized spacial score (nSPS) is 17.4. The van der Waals surface area contributed by atoms with Gasteiger partial charge in [0.05, 0.1) is 0 Å². The summed E-state index contributed by atoms with van der Waals surface area (Å²) in [6.07, 6.45) is 6.50. The maximum atomic E-state index is 5.84. The highest BCUT2D eigenvalue weighted by molar-refractivity contribution is 7.71.